The number of ether oxygens (including phenoxy) is 1. The van der Waals surface area contributed by atoms with Crippen LogP contribution < -0.4 is 10.6 Å². The summed E-state index contributed by atoms with van der Waals surface area (Å²) in [6.07, 6.45) is 1.35. The van der Waals surface area contributed by atoms with Gasteiger partial charge in [-0.05, 0) is 63.1 Å². The number of hydrogen-bond acceptors (Lipinski definition) is 6. The molecule has 2 aromatic carbocycles. The molecule has 0 N–H and O–H groups in total. The zero-order valence-corrected chi connectivity index (χ0v) is 23.1. The predicted octanol–water partition coefficient (Wildman–Crippen LogP) is 4.81. The highest BCUT2D eigenvalue weighted by molar-refractivity contribution is 7.99. The summed E-state index contributed by atoms with van der Waals surface area (Å²) in [7, 11) is 0. The van der Waals surface area contributed by atoms with Crippen molar-refractivity contribution in [1.82, 2.24) is 14.5 Å². The summed E-state index contributed by atoms with van der Waals surface area (Å²) in [5.74, 6) is 0.936. The van der Waals surface area contributed by atoms with Crippen molar-refractivity contribution in [3.05, 3.63) is 64.9 Å². The van der Waals surface area contributed by atoms with Crippen LogP contribution >= 0.6 is 11.8 Å². The highest BCUT2D eigenvalue weighted by atomic mass is 32.2. The first-order valence-electron chi connectivity index (χ1n) is 13.0. The molecule has 200 valence electrons. The smallest absolute Gasteiger partial charge is 0.350 e. The number of benzene rings is 2. The molecule has 3 atom stereocenters. The number of thioether (sulfide) groups is 1. The molecule has 38 heavy (non-hydrogen) atoms. The van der Waals surface area contributed by atoms with Crippen LogP contribution in [0.3, 0.4) is 0 Å². The van der Waals surface area contributed by atoms with Crippen molar-refractivity contribution in [3.8, 4) is 11.1 Å². The first-order chi connectivity index (χ1) is 18.2. The Morgan fingerprint density at radius 2 is 1.92 bits per heavy atom. The number of anilines is 1. The SMILES string of the molecule is C=CC(=O)N1[C@H](C)CN(c2nc(=O)n3c4c(c(-c5ccc(F)cc5)c(C)cc24)SCC3COCC)C[C@@H]1C. The highest BCUT2D eigenvalue weighted by Gasteiger charge is 2.35. The van der Waals surface area contributed by atoms with Gasteiger partial charge in [0.1, 0.15) is 11.6 Å². The molecular weight excluding hydrogens is 503 g/mol. The average molecular weight is 537 g/mol. The lowest BCUT2D eigenvalue weighted by atomic mass is 9.97. The number of carbonyl (C=O) groups is 1. The predicted molar refractivity (Wildman–Crippen MR) is 151 cm³/mol. The largest absolute Gasteiger partial charge is 0.380 e. The molecule has 1 aromatic heterocycles. The Kier molecular flexibility index (Phi) is 7.33. The summed E-state index contributed by atoms with van der Waals surface area (Å²) in [6, 6.07) is 8.31. The summed E-state index contributed by atoms with van der Waals surface area (Å²) in [4.78, 5) is 35.8. The second-order valence-corrected chi connectivity index (χ2v) is 11.1. The molecule has 1 saturated heterocycles. The number of aromatic nitrogens is 2. The summed E-state index contributed by atoms with van der Waals surface area (Å²) >= 11 is 1.71. The van der Waals surface area contributed by atoms with Gasteiger partial charge in [0.05, 0.1) is 18.2 Å². The summed E-state index contributed by atoms with van der Waals surface area (Å²) in [5, 5.41) is 0.902. The fourth-order valence-corrected chi connectivity index (χ4v) is 7.22. The highest BCUT2D eigenvalue weighted by Crippen LogP contribution is 2.46. The van der Waals surface area contributed by atoms with Crippen LogP contribution in [0.5, 0.6) is 0 Å². The van der Waals surface area contributed by atoms with E-state index in [2.05, 4.69) is 22.5 Å². The first kappa shape index (κ1) is 26.4. The molecule has 5 rings (SSSR count). The number of rotatable bonds is 6. The van der Waals surface area contributed by atoms with Gasteiger partial charge in [-0.25, -0.2) is 9.18 Å². The number of hydrogen-bond donors (Lipinski definition) is 0. The monoisotopic (exact) mass is 536 g/mol. The normalized spacial score (nSPS) is 21.1. The zero-order valence-electron chi connectivity index (χ0n) is 22.2. The quantitative estimate of drug-likeness (QED) is 0.422. The molecule has 1 fully saturated rings. The first-order valence-corrected chi connectivity index (χ1v) is 14.0. The van der Waals surface area contributed by atoms with E-state index in [0.717, 1.165) is 32.5 Å². The van der Waals surface area contributed by atoms with E-state index < -0.39 is 0 Å². The maximum atomic E-state index is 13.8. The fraction of sp³-hybridized carbons (Fsp3) is 0.414. The van der Waals surface area contributed by atoms with E-state index in [-0.39, 0.29) is 35.5 Å². The van der Waals surface area contributed by atoms with Gasteiger partial charge in [0.25, 0.3) is 0 Å². The van der Waals surface area contributed by atoms with Gasteiger partial charge in [-0.1, -0.05) is 18.7 Å². The Labute approximate surface area is 226 Å². The van der Waals surface area contributed by atoms with E-state index in [4.69, 9.17) is 4.74 Å². The van der Waals surface area contributed by atoms with Gasteiger partial charge < -0.3 is 14.5 Å². The van der Waals surface area contributed by atoms with Gasteiger partial charge in [0, 0.05) is 53.4 Å². The molecule has 0 radical (unpaired) electrons. The van der Waals surface area contributed by atoms with Crippen molar-refractivity contribution >= 4 is 34.4 Å². The Morgan fingerprint density at radius 1 is 1.24 bits per heavy atom. The Balaban J connectivity index is 1.71. The van der Waals surface area contributed by atoms with E-state index in [0.29, 0.717) is 37.9 Å². The third-order valence-corrected chi connectivity index (χ3v) is 8.66. The molecular formula is C29H33FN4O3S. The maximum Gasteiger partial charge on any atom is 0.350 e. The molecule has 0 spiro atoms. The van der Waals surface area contributed by atoms with Crippen LogP contribution in [0, 0.1) is 12.7 Å². The van der Waals surface area contributed by atoms with Gasteiger partial charge in [0.2, 0.25) is 5.91 Å². The van der Waals surface area contributed by atoms with Gasteiger partial charge in [-0.3, -0.25) is 9.36 Å². The van der Waals surface area contributed by atoms with Crippen LogP contribution in [0.1, 0.15) is 32.4 Å². The second kappa shape index (κ2) is 10.5. The molecule has 1 unspecified atom stereocenters. The van der Waals surface area contributed by atoms with Crippen LogP contribution in [0.15, 0.2) is 52.7 Å². The van der Waals surface area contributed by atoms with Crippen molar-refractivity contribution in [1.29, 1.82) is 0 Å². The topological polar surface area (TPSA) is 67.7 Å². The maximum absolute atomic E-state index is 13.8. The van der Waals surface area contributed by atoms with E-state index in [9.17, 15) is 14.0 Å². The van der Waals surface area contributed by atoms with Crippen molar-refractivity contribution in [3.63, 3.8) is 0 Å². The number of carbonyl (C=O) groups excluding carboxylic acids is 1. The molecule has 2 aliphatic rings. The minimum Gasteiger partial charge on any atom is -0.380 e. The van der Waals surface area contributed by atoms with Gasteiger partial charge in [-0.2, -0.15) is 4.98 Å². The molecule has 3 aromatic rings. The minimum absolute atomic E-state index is 0.0735. The van der Waals surface area contributed by atoms with Crippen LogP contribution in [0.25, 0.3) is 22.0 Å². The number of nitrogens with zero attached hydrogens (tertiary/aromatic N) is 4. The molecule has 0 bridgehead atoms. The number of amides is 1. The minimum atomic E-state index is -0.308. The zero-order chi connectivity index (χ0) is 27.1. The summed E-state index contributed by atoms with van der Waals surface area (Å²) in [6.45, 7) is 13.8. The lowest BCUT2D eigenvalue weighted by Crippen LogP contribution is -2.58. The summed E-state index contributed by atoms with van der Waals surface area (Å²) in [5.41, 5.74) is 3.48. The fourth-order valence-electron chi connectivity index (χ4n) is 5.85. The molecule has 3 heterocycles. The van der Waals surface area contributed by atoms with E-state index >= 15 is 0 Å². The third-order valence-electron chi connectivity index (χ3n) is 7.42. The van der Waals surface area contributed by atoms with Crippen LogP contribution in [0.2, 0.25) is 0 Å². The van der Waals surface area contributed by atoms with Gasteiger partial charge in [0.15, 0.2) is 0 Å². The Hall–Kier alpha value is -3.17. The van der Waals surface area contributed by atoms with Crippen molar-refractivity contribution in [2.45, 2.75) is 50.7 Å². The van der Waals surface area contributed by atoms with Crippen molar-refractivity contribution in [2.75, 3.05) is 37.0 Å². The van der Waals surface area contributed by atoms with Gasteiger partial charge >= 0.3 is 5.69 Å². The van der Waals surface area contributed by atoms with Crippen LogP contribution in [-0.4, -0.2) is 64.5 Å². The lowest BCUT2D eigenvalue weighted by Gasteiger charge is -2.45. The van der Waals surface area contributed by atoms with E-state index in [1.165, 1.54) is 18.2 Å². The summed E-state index contributed by atoms with van der Waals surface area (Å²) < 4.78 is 21.3. The molecule has 0 aliphatic carbocycles. The third kappa shape index (κ3) is 4.52. The van der Waals surface area contributed by atoms with E-state index in [1.54, 1.807) is 28.5 Å². The Bertz CT molecular complexity index is 1440. The number of halogens is 1. The Morgan fingerprint density at radius 3 is 2.55 bits per heavy atom. The van der Waals surface area contributed by atoms with Crippen LogP contribution in [-0.2, 0) is 9.53 Å². The molecule has 7 nitrogen and oxygen atoms in total. The van der Waals surface area contributed by atoms with Crippen LogP contribution in [0.4, 0.5) is 10.2 Å². The van der Waals surface area contributed by atoms with Gasteiger partial charge in [-0.15, -0.1) is 11.8 Å². The second-order valence-electron chi connectivity index (χ2n) is 10.1. The number of piperazine rings is 1. The lowest BCUT2D eigenvalue weighted by molar-refractivity contribution is -0.130. The average Bonchev–Trinajstić information content (AvgIpc) is 2.89. The standard InChI is InChI=1S/C29H33FN4O3S/c1-6-24(35)33-18(4)13-32(14-19(33)5)28-23-12-17(3)25(20-8-10-21(30)11-9-20)27-26(23)34(29(36)31-28)22(16-38-27)15-37-7-2/h6,8-12,18-19,22H,1,7,13-16H2,2-5H3/t18-,19+,22?. The van der Waals surface area contributed by atoms with E-state index in [1.807, 2.05) is 32.6 Å². The number of aryl methyl sites for hydroxylation is 1. The molecule has 0 saturated carbocycles. The molecule has 1 amide bonds. The molecule has 9 heteroatoms. The van der Waals surface area contributed by atoms with Crippen molar-refractivity contribution in [2.24, 2.45) is 0 Å². The molecule has 2 aliphatic heterocycles. The van der Waals surface area contributed by atoms with Crippen molar-refractivity contribution < 1.29 is 13.9 Å².